The minimum absolute atomic E-state index is 0.0689. The van der Waals surface area contributed by atoms with Gasteiger partial charge in [-0.3, -0.25) is 4.79 Å². The second-order valence-electron chi connectivity index (χ2n) is 6.16. The number of Topliss-reactive ketones (excluding diaryl/α,β-unsaturated/α-hetero) is 1. The van der Waals surface area contributed by atoms with Gasteiger partial charge in [0.2, 0.25) is 0 Å². The minimum Gasteiger partial charge on any atom is -0.429 e. The maximum atomic E-state index is 12.6. The summed E-state index contributed by atoms with van der Waals surface area (Å²) in [6, 6.07) is 3.94. The third-order valence-corrected chi connectivity index (χ3v) is 2.91. The van der Waals surface area contributed by atoms with E-state index in [1.165, 1.54) is 6.92 Å². The van der Waals surface area contributed by atoms with Gasteiger partial charge in [0.15, 0.2) is 11.9 Å². The molecule has 0 saturated carbocycles. The molecule has 7 heteroatoms. The van der Waals surface area contributed by atoms with E-state index < -0.39 is 35.4 Å². The first-order chi connectivity index (χ1) is 10.8. The number of rotatable bonds is 4. The van der Waals surface area contributed by atoms with Crippen LogP contribution in [0.15, 0.2) is 36.4 Å². The average molecular weight is 344 g/mol. The van der Waals surface area contributed by atoms with Crippen LogP contribution in [0.5, 0.6) is 0 Å². The van der Waals surface area contributed by atoms with Crippen LogP contribution in [0, 0.1) is 0 Å². The number of ketones is 1. The lowest BCUT2D eigenvalue weighted by Crippen LogP contribution is -2.26. The monoisotopic (exact) mass is 344 g/mol. The smallest absolute Gasteiger partial charge is 0.429 e. The van der Waals surface area contributed by atoms with Crippen LogP contribution in [0.1, 0.15) is 44.9 Å². The summed E-state index contributed by atoms with van der Waals surface area (Å²) in [5.41, 5.74) is -1.55. The Bertz CT molecular complexity index is 625. The lowest BCUT2D eigenvalue weighted by atomic mass is 9.99. The molecule has 1 aromatic carbocycles. The summed E-state index contributed by atoms with van der Waals surface area (Å²) in [7, 11) is 0. The molecule has 1 rings (SSSR count). The molecule has 0 aromatic heterocycles. The Hall–Kier alpha value is -2.31. The molecule has 0 saturated heterocycles. The number of carbonyl (C=O) groups is 2. The minimum atomic E-state index is -4.49. The van der Waals surface area contributed by atoms with Crippen molar-refractivity contribution < 1.29 is 32.2 Å². The quantitative estimate of drug-likeness (QED) is 0.579. The van der Waals surface area contributed by atoms with Gasteiger partial charge < -0.3 is 9.47 Å². The summed E-state index contributed by atoms with van der Waals surface area (Å²) in [5, 5.41) is 0. The summed E-state index contributed by atoms with van der Waals surface area (Å²) in [6.07, 6.45) is -6.76. The van der Waals surface area contributed by atoms with E-state index in [9.17, 15) is 22.8 Å². The van der Waals surface area contributed by atoms with E-state index in [0.717, 1.165) is 24.3 Å². The van der Waals surface area contributed by atoms with Crippen LogP contribution >= 0.6 is 0 Å². The highest BCUT2D eigenvalue weighted by Gasteiger charge is 2.31. The van der Waals surface area contributed by atoms with Crippen molar-refractivity contribution in [3.63, 3.8) is 0 Å². The molecular formula is C17H19F3O4. The predicted octanol–water partition coefficient (Wildman–Crippen LogP) is 4.84. The van der Waals surface area contributed by atoms with Crippen molar-refractivity contribution in [1.29, 1.82) is 0 Å². The number of ether oxygens (including phenoxy) is 2. The Morgan fingerprint density at radius 1 is 1.08 bits per heavy atom. The van der Waals surface area contributed by atoms with Gasteiger partial charge in [0.25, 0.3) is 0 Å². The van der Waals surface area contributed by atoms with Crippen molar-refractivity contribution >= 4 is 11.9 Å². The van der Waals surface area contributed by atoms with Crippen LogP contribution in [-0.4, -0.2) is 17.5 Å². The van der Waals surface area contributed by atoms with Gasteiger partial charge in [0, 0.05) is 5.57 Å². The van der Waals surface area contributed by atoms with E-state index in [2.05, 4.69) is 6.58 Å². The topological polar surface area (TPSA) is 52.6 Å². The Labute approximate surface area is 138 Å². The van der Waals surface area contributed by atoms with Gasteiger partial charge >= 0.3 is 12.3 Å². The van der Waals surface area contributed by atoms with E-state index in [-0.39, 0.29) is 11.1 Å². The van der Waals surface area contributed by atoms with Gasteiger partial charge in [0.05, 0.1) is 5.56 Å². The highest BCUT2D eigenvalue weighted by molar-refractivity contribution is 5.94. The van der Waals surface area contributed by atoms with Crippen molar-refractivity contribution in [2.24, 2.45) is 0 Å². The molecule has 0 aliphatic carbocycles. The van der Waals surface area contributed by atoms with Crippen LogP contribution in [0.4, 0.5) is 18.0 Å². The summed E-state index contributed by atoms with van der Waals surface area (Å²) in [6.45, 7) is 9.65. The molecule has 0 N–H and O–H groups in total. The van der Waals surface area contributed by atoms with E-state index in [1.54, 1.807) is 20.8 Å². The fourth-order valence-corrected chi connectivity index (χ4v) is 1.74. The number of halogens is 3. The summed E-state index contributed by atoms with van der Waals surface area (Å²) < 4.78 is 48.0. The molecule has 0 spiro atoms. The van der Waals surface area contributed by atoms with E-state index in [0.29, 0.717) is 0 Å². The van der Waals surface area contributed by atoms with Crippen LogP contribution in [0.3, 0.4) is 0 Å². The zero-order valence-electron chi connectivity index (χ0n) is 13.9. The molecule has 0 heterocycles. The Kier molecular flexibility index (Phi) is 5.81. The normalized spacial score (nSPS) is 13.1. The van der Waals surface area contributed by atoms with Gasteiger partial charge in [-0.15, -0.1) is 0 Å². The van der Waals surface area contributed by atoms with Crippen LogP contribution in [0.25, 0.3) is 0 Å². The average Bonchev–Trinajstić information content (AvgIpc) is 2.41. The third-order valence-electron chi connectivity index (χ3n) is 2.91. The van der Waals surface area contributed by atoms with E-state index in [4.69, 9.17) is 9.47 Å². The number of alkyl halides is 3. The lowest BCUT2D eigenvalue weighted by Gasteiger charge is -2.23. The second-order valence-corrected chi connectivity index (χ2v) is 6.16. The van der Waals surface area contributed by atoms with Crippen molar-refractivity contribution in [2.45, 2.75) is 45.6 Å². The zero-order chi connectivity index (χ0) is 18.7. The number of benzene rings is 1. The van der Waals surface area contributed by atoms with Crippen molar-refractivity contribution in [1.82, 2.24) is 0 Å². The van der Waals surface area contributed by atoms with Crippen molar-refractivity contribution in [3.05, 3.63) is 47.5 Å². The molecule has 0 fully saturated rings. The van der Waals surface area contributed by atoms with E-state index in [1.807, 2.05) is 0 Å². The molecule has 0 aliphatic rings. The van der Waals surface area contributed by atoms with Gasteiger partial charge in [-0.2, -0.15) is 13.2 Å². The second kappa shape index (κ2) is 7.07. The number of carbonyl (C=O) groups excluding carboxylic acids is 2. The zero-order valence-corrected chi connectivity index (χ0v) is 13.9. The predicted molar refractivity (Wildman–Crippen MR) is 81.3 cm³/mol. The fourth-order valence-electron chi connectivity index (χ4n) is 1.74. The molecule has 1 aromatic rings. The van der Waals surface area contributed by atoms with Crippen molar-refractivity contribution in [3.8, 4) is 0 Å². The molecule has 1 unspecified atom stereocenters. The van der Waals surface area contributed by atoms with Crippen LogP contribution in [-0.2, 0) is 20.4 Å². The molecule has 1 atom stereocenters. The SMILES string of the molecule is C=C(C(C)=O)C(OC(=O)OC(C)(C)C)c1ccc(C(F)(F)F)cc1. The Morgan fingerprint density at radius 2 is 1.58 bits per heavy atom. The molecular weight excluding hydrogens is 325 g/mol. The first kappa shape index (κ1) is 19.7. The molecule has 0 radical (unpaired) electrons. The maximum Gasteiger partial charge on any atom is 0.509 e. The summed E-state index contributed by atoms with van der Waals surface area (Å²) >= 11 is 0. The highest BCUT2D eigenvalue weighted by Crippen LogP contribution is 2.32. The first-order valence-corrected chi connectivity index (χ1v) is 7.08. The molecule has 0 amide bonds. The third kappa shape index (κ3) is 5.72. The molecule has 0 bridgehead atoms. The van der Waals surface area contributed by atoms with Crippen LogP contribution < -0.4 is 0 Å². The fraction of sp³-hybridized carbons (Fsp3) is 0.412. The van der Waals surface area contributed by atoms with Gasteiger partial charge in [0.1, 0.15) is 5.60 Å². The standard InChI is InChI=1S/C17H19F3O4/c1-10(11(2)21)14(23-15(22)24-16(3,4)5)12-6-8-13(9-7-12)17(18,19)20/h6-9,14H,1H2,2-5H3. The molecule has 0 aliphatic heterocycles. The van der Waals surface area contributed by atoms with E-state index >= 15 is 0 Å². The number of hydrogen-bond donors (Lipinski definition) is 0. The van der Waals surface area contributed by atoms with Crippen LogP contribution in [0.2, 0.25) is 0 Å². The Morgan fingerprint density at radius 3 is 1.96 bits per heavy atom. The lowest BCUT2D eigenvalue weighted by molar-refractivity contribution is -0.137. The summed E-state index contributed by atoms with van der Waals surface area (Å²) in [4.78, 5) is 23.4. The Balaban J connectivity index is 3.09. The first-order valence-electron chi connectivity index (χ1n) is 7.08. The maximum absolute atomic E-state index is 12.6. The summed E-state index contributed by atoms with van der Waals surface area (Å²) in [5.74, 6) is -0.455. The van der Waals surface area contributed by atoms with Crippen molar-refractivity contribution in [2.75, 3.05) is 0 Å². The molecule has 4 nitrogen and oxygen atoms in total. The highest BCUT2D eigenvalue weighted by atomic mass is 19.4. The largest absolute Gasteiger partial charge is 0.509 e. The van der Waals surface area contributed by atoms with Gasteiger partial charge in [-0.25, -0.2) is 4.79 Å². The number of hydrogen-bond acceptors (Lipinski definition) is 4. The molecule has 24 heavy (non-hydrogen) atoms. The van der Waals surface area contributed by atoms with Gasteiger partial charge in [-0.05, 0) is 45.4 Å². The molecule has 132 valence electrons. The van der Waals surface area contributed by atoms with Gasteiger partial charge in [-0.1, -0.05) is 18.7 Å².